The van der Waals surface area contributed by atoms with Crippen molar-refractivity contribution in [1.29, 1.82) is 0 Å². The van der Waals surface area contributed by atoms with E-state index in [4.69, 9.17) is 4.74 Å². The molecule has 1 saturated heterocycles. The van der Waals surface area contributed by atoms with Gasteiger partial charge in [-0.1, -0.05) is 30.3 Å². The van der Waals surface area contributed by atoms with E-state index in [0.29, 0.717) is 31.6 Å². The van der Waals surface area contributed by atoms with E-state index in [-0.39, 0.29) is 0 Å². The molecule has 2 N–H and O–H groups in total. The molecule has 1 aliphatic rings. The number of rotatable bonds is 5. The number of carboxylic acid groups (broad SMARTS) is 1. The first-order chi connectivity index (χ1) is 9.50. The van der Waals surface area contributed by atoms with E-state index < -0.39 is 27.3 Å². The second-order valence-electron chi connectivity index (χ2n) is 4.66. The average Bonchev–Trinajstić information content (AvgIpc) is 2.46. The van der Waals surface area contributed by atoms with Gasteiger partial charge in [0, 0.05) is 13.2 Å². The minimum atomic E-state index is -3.69. The Balaban J connectivity index is 2.18. The van der Waals surface area contributed by atoms with Crippen molar-refractivity contribution >= 4 is 16.0 Å². The lowest BCUT2D eigenvalue weighted by atomic mass is 10.1. The summed E-state index contributed by atoms with van der Waals surface area (Å²) >= 11 is 0. The zero-order valence-electron chi connectivity index (χ0n) is 10.9. The van der Waals surface area contributed by atoms with Gasteiger partial charge in [0.15, 0.2) is 0 Å². The van der Waals surface area contributed by atoms with Crippen LogP contribution in [0.1, 0.15) is 24.4 Å². The van der Waals surface area contributed by atoms with Crippen LogP contribution in [0.3, 0.4) is 0 Å². The highest BCUT2D eigenvalue weighted by atomic mass is 32.2. The molecule has 1 heterocycles. The normalized spacial score (nSPS) is 18.6. The molecule has 1 atom stereocenters. The molecular weight excluding hydrogens is 282 g/mol. The van der Waals surface area contributed by atoms with Crippen LogP contribution in [0.4, 0.5) is 0 Å². The molecule has 20 heavy (non-hydrogen) atoms. The Kier molecular flexibility index (Phi) is 4.74. The summed E-state index contributed by atoms with van der Waals surface area (Å²) in [5, 5.41) is 8.64. The zero-order chi connectivity index (χ0) is 14.6. The molecule has 1 fully saturated rings. The molecule has 0 aliphatic carbocycles. The average molecular weight is 299 g/mol. The Bertz CT molecular complexity index is 551. The predicted molar refractivity (Wildman–Crippen MR) is 72.7 cm³/mol. The molecular formula is C13H17NO5S. The molecule has 0 bridgehead atoms. The summed E-state index contributed by atoms with van der Waals surface area (Å²) in [4.78, 5) is 11.3. The van der Waals surface area contributed by atoms with Gasteiger partial charge in [0.05, 0.1) is 5.25 Å². The van der Waals surface area contributed by atoms with E-state index in [1.165, 1.54) is 0 Å². The third-order valence-electron chi connectivity index (χ3n) is 3.27. The van der Waals surface area contributed by atoms with Crippen LogP contribution in [0.25, 0.3) is 0 Å². The molecule has 0 radical (unpaired) electrons. The fourth-order valence-electron chi connectivity index (χ4n) is 2.15. The van der Waals surface area contributed by atoms with Gasteiger partial charge in [-0.05, 0) is 18.4 Å². The lowest BCUT2D eigenvalue weighted by molar-refractivity contribution is -0.139. The summed E-state index contributed by atoms with van der Waals surface area (Å²) < 4.78 is 31.9. The minimum absolute atomic E-state index is 0.384. The number of hydrogen-bond acceptors (Lipinski definition) is 4. The lowest BCUT2D eigenvalue weighted by Crippen LogP contribution is -2.42. The van der Waals surface area contributed by atoms with Crippen LogP contribution < -0.4 is 4.72 Å². The fraction of sp³-hybridized carbons (Fsp3) is 0.462. The van der Waals surface area contributed by atoms with Crippen molar-refractivity contribution in [3.8, 4) is 0 Å². The first-order valence-electron chi connectivity index (χ1n) is 6.37. The van der Waals surface area contributed by atoms with Crippen LogP contribution in [0.15, 0.2) is 30.3 Å². The molecule has 0 saturated carbocycles. The van der Waals surface area contributed by atoms with Gasteiger partial charge in [0.25, 0.3) is 0 Å². The van der Waals surface area contributed by atoms with Crippen LogP contribution in [0.2, 0.25) is 0 Å². The maximum atomic E-state index is 12.2. The second kappa shape index (κ2) is 6.34. The molecule has 0 unspecified atom stereocenters. The van der Waals surface area contributed by atoms with Gasteiger partial charge in [-0.3, -0.25) is 4.79 Å². The van der Waals surface area contributed by atoms with E-state index >= 15 is 0 Å². The molecule has 6 nitrogen and oxygen atoms in total. The van der Waals surface area contributed by atoms with Gasteiger partial charge in [-0.25, -0.2) is 8.42 Å². The van der Waals surface area contributed by atoms with Crippen LogP contribution in [0, 0.1) is 0 Å². The maximum absolute atomic E-state index is 12.2. The van der Waals surface area contributed by atoms with Gasteiger partial charge >= 0.3 is 5.97 Å². The number of carbonyl (C=O) groups is 1. The van der Waals surface area contributed by atoms with E-state index in [1.54, 1.807) is 30.3 Å². The quantitative estimate of drug-likeness (QED) is 0.843. The SMILES string of the molecule is O=C(O)[C@@H](NS(=O)(=O)C1CCOCC1)c1ccccc1. The molecule has 110 valence electrons. The Morgan fingerprint density at radius 3 is 2.40 bits per heavy atom. The van der Waals surface area contributed by atoms with Crippen LogP contribution >= 0.6 is 0 Å². The summed E-state index contributed by atoms with van der Waals surface area (Å²) in [5.74, 6) is -1.22. The molecule has 0 spiro atoms. The highest BCUT2D eigenvalue weighted by Crippen LogP contribution is 2.20. The Labute approximate surface area is 117 Å². The molecule has 1 aromatic carbocycles. The van der Waals surface area contributed by atoms with E-state index in [1.807, 2.05) is 0 Å². The zero-order valence-corrected chi connectivity index (χ0v) is 11.7. The number of benzene rings is 1. The van der Waals surface area contributed by atoms with Crippen LogP contribution in [-0.2, 0) is 19.6 Å². The second-order valence-corrected chi connectivity index (χ2v) is 6.65. The van der Waals surface area contributed by atoms with Crippen LogP contribution in [-0.4, -0.2) is 38.0 Å². The minimum Gasteiger partial charge on any atom is -0.480 e. The number of nitrogens with one attached hydrogen (secondary N) is 1. The Morgan fingerprint density at radius 2 is 1.85 bits per heavy atom. The third-order valence-corrected chi connectivity index (χ3v) is 5.18. The number of carboxylic acids is 1. The predicted octanol–water partition coefficient (Wildman–Crippen LogP) is 0.911. The Morgan fingerprint density at radius 1 is 1.25 bits per heavy atom. The largest absolute Gasteiger partial charge is 0.480 e. The highest BCUT2D eigenvalue weighted by Gasteiger charge is 2.32. The first-order valence-corrected chi connectivity index (χ1v) is 7.92. The molecule has 0 aromatic heterocycles. The van der Waals surface area contributed by atoms with E-state index in [0.717, 1.165) is 0 Å². The van der Waals surface area contributed by atoms with Crippen molar-refractivity contribution in [1.82, 2.24) is 4.72 Å². The number of hydrogen-bond donors (Lipinski definition) is 2. The summed E-state index contributed by atoms with van der Waals surface area (Å²) in [6.07, 6.45) is 0.771. The van der Waals surface area contributed by atoms with Crippen molar-refractivity contribution in [2.45, 2.75) is 24.1 Å². The van der Waals surface area contributed by atoms with E-state index in [2.05, 4.69) is 4.72 Å². The van der Waals surface area contributed by atoms with Crippen molar-refractivity contribution in [2.75, 3.05) is 13.2 Å². The molecule has 1 aliphatic heterocycles. The van der Waals surface area contributed by atoms with Crippen molar-refractivity contribution in [3.63, 3.8) is 0 Å². The monoisotopic (exact) mass is 299 g/mol. The molecule has 0 amide bonds. The smallest absolute Gasteiger partial charge is 0.326 e. The van der Waals surface area contributed by atoms with E-state index in [9.17, 15) is 18.3 Å². The van der Waals surface area contributed by atoms with Gasteiger partial charge in [0.1, 0.15) is 6.04 Å². The fourth-order valence-corrected chi connectivity index (χ4v) is 3.72. The molecule has 7 heteroatoms. The van der Waals surface area contributed by atoms with Crippen LogP contribution in [0.5, 0.6) is 0 Å². The van der Waals surface area contributed by atoms with Crippen molar-refractivity contribution in [2.24, 2.45) is 0 Å². The third kappa shape index (κ3) is 3.56. The number of sulfonamides is 1. The lowest BCUT2D eigenvalue weighted by Gasteiger charge is -2.24. The summed E-state index contributed by atoms with van der Waals surface area (Å²) in [6.45, 7) is 0.767. The summed E-state index contributed by atoms with van der Waals surface area (Å²) in [6, 6.07) is 7.01. The first kappa shape index (κ1) is 15.0. The number of ether oxygens (including phenoxy) is 1. The molecule has 1 aromatic rings. The standard InChI is InChI=1S/C13H17NO5S/c15-13(16)12(10-4-2-1-3-5-10)14-20(17,18)11-6-8-19-9-7-11/h1-5,11-12,14H,6-9H2,(H,15,16)/t12-/m0/s1. The topological polar surface area (TPSA) is 92.7 Å². The maximum Gasteiger partial charge on any atom is 0.326 e. The Hall–Kier alpha value is -1.44. The van der Waals surface area contributed by atoms with Gasteiger partial charge < -0.3 is 9.84 Å². The molecule has 2 rings (SSSR count). The van der Waals surface area contributed by atoms with Gasteiger partial charge in [-0.15, -0.1) is 0 Å². The van der Waals surface area contributed by atoms with Crippen molar-refractivity contribution < 1.29 is 23.1 Å². The summed E-state index contributed by atoms with van der Waals surface area (Å²) in [5.41, 5.74) is 0.413. The number of aliphatic carboxylic acids is 1. The summed E-state index contributed by atoms with van der Waals surface area (Å²) in [7, 11) is -3.69. The highest BCUT2D eigenvalue weighted by molar-refractivity contribution is 7.90. The van der Waals surface area contributed by atoms with Gasteiger partial charge in [0.2, 0.25) is 10.0 Å². The van der Waals surface area contributed by atoms with Gasteiger partial charge in [-0.2, -0.15) is 4.72 Å². The van der Waals surface area contributed by atoms with Crippen molar-refractivity contribution in [3.05, 3.63) is 35.9 Å².